The van der Waals surface area contributed by atoms with Crippen LogP contribution in [0.15, 0.2) is 16.8 Å². The van der Waals surface area contributed by atoms with Crippen molar-refractivity contribution in [2.45, 2.75) is 6.42 Å². The summed E-state index contributed by atoms with van der Waals surface area (Å²) in [5.74, 6) is -0.0182. The predicted molar refractivity (Wildman–Crippen MR) is 79.0 cm³/mol. The van der Waals surface area contributed by atoms with Gasteiger partial charge in [-0.15, -0.1) is 0 Å². The molecule has 1 aliphatic rings. The molecule has 0 aliphatic carbocycles. The van der Waals surface area contributed by atoms with E-state index in [0.717, 1.165) is 0 Å². The van der Waals surface area contributed by atoms with Crippen molar-refractivity contribution >= 4 is 27.5 Å². The number of hydrogen-bond donors (Lipinski definition) is 0. The van der Waals surface area contributed by atoms with E-state index in [2.05, 4.69) is 0 Å². The van der Waals surface area contributed by atoms with Crippen LogP contribution >= 0.6 is 11.3 Å². The third-order valence-electron chi connectivity index (χ3n) is 3.30. The SMILES string of the molecule is CN(C)S(=O)(=O)N1CCCN(C(=O)c2ccsc2)CC1. The van der Waals surface area contributed by atoms with E-state index in [0.29, 0.717) is 38.2 Å². The van der Waals surface area contributed by atoms with E-state index in [4.69, 9.17) is 0 Å². The molecule has 1 amide bonds. The Balaban J connectivity index is 2.05. The molecule has 2 heterocycles. The second-order valence-corrected chi connectivity index (χ2v) is 7.77. The lowest BCUT2D eigenvalue weighted by Gasteiger charge is -2.24. The summed E-state index contributed by atoms with van der Waals surface area (Å²) in [6, 6.07) is 1.80. The molecular formula is C12H19N3O3S2. The largest absolute Gasteiger partial charge is 0.337 e. The van der Waals surface area contributed by atoms with E-state index >= 15 is 0 Å². The molecule has 1 aliphatic heterocycles. The van der Waals surface area contributed by atoms with E-state index in [-0.39, 0.29) is 5.91 Å². The van der Waals surface area contributed by atoms with E-state index in [9.17, 15) is 13.2 Å². The van der Waals surface area contributed by atoms with Crippen molar-refractivity contribution in [3.63, 3.8) is 0 Å². The molecule has 2 rings (SSSR count). The monoisotopic (exact) mass is 317 g/mol. The molecule has 0 spiro atoms. The van der Waals surface area contributed by atoms with Crippen LogP contribution < -0.4 is 0 Å². The molecule has 1 aromatic rings. The fourth-order valence-electron chi connectivity index (χ4n) is 2.13. The first-order valence-corrected chi connectivity index (χ1v) is 8.76. The van der Waals surface area contributed by atoms with Gasteiger partial charge >= 0.3 is 0 Å². The molecule has 6 nitrogen and oxygen atoms in total. The molecule has 0 aromatic carbocycles. The molecule has 0 atom stereocenters. The van der Waals surface area contributed by atoms with Crippen molar-refractivity contribution in [3.8, 4) is 0 Å². The maximum Gasteiger partial charge on any atom is 0.281 e. The Morgan fingerprint density at radius 2 is 2.00 bits per heavy atom. The van der Waals surface area contributed by atoms with Crippen LogP contribution in [0.4, 0.5) is 0 Å². The van der Waals surface area contributed by atoms with Crippen LogP contribution in [0, 0.1) is 0 Å². The van der Waals surface area contributed by atoms with Crippen molar-refractivity contribution in [2.24, 2.45) is 0 Å². The van der Waals surface area contributed by atoms with Gasteiger partial charge in [0, 0.05) is 45.7 Å². The highest BCUT2D eigenvalue weighted by Crippen LogP contribution is 2.14. The molecule has 0 unspecified atom stereocenters. The standard InChI is InChI=1S/C12H19N3O3S2/c1-13(2)20(17,18)15-6-3-5-14(7-8-15)12(16)11-4-9-19-10-11/h4,9-10H,3,5-8H2,1-2H3. The Bertz CT molecular complexity index is 555. The predicted octanol–water partition coefficient (Wildman–Crippen LogP) is 0.702. The van der Waals surface area contributed by atoms with Gasteiger partial charge in [0.2, 0.25) is 0 Å². The van der Waals surface area contributed by atoms with Crippen LogP contribution in [0.2, 0.25) is 0 Å². The first-order valence-electron chi connectivity index (χ1n) is 6.42. The second kappa shape index (κ2) is 6.21. The summed E-state index contributed by atoms with van der Waals surface area (Å²) >= 11 is 1.49. The van der Waals surface area contributed by atoms with Gasteiger partial charge in [-0.05, 0) is 17.9 Å². The third kappa shape index (κ3) is 3.20. The lowest BCUT2D eigenvalue weighted by atomic mass is 10.3. The summed E-state index contributed by atoms with van der Waals surface area (Å²) in [7, 11) is -0.351. The zero-order valence-electron chi connectivity index (χ0n) is 11.7. The third-order valence-corrected chi connectivity index (χ3v) is 5.92. The fourth-order valence-corrected chi connectivity index (χ4v) is 3.89. The molecule has 1 aromatic heterocycles. The lowest BCUT2D eigenvalue weighted by molar-refractivity contribution is 0.0764. The number of hydrogen-bond acceptors (Lipinski definition) is 4. The van der Waals surface area contributed by atoms with Gasteiger partial charge in [-0.1, -0.05) is 0 Å². The maximum absolute atomic E-state index is 12.3. The molecule has 0 radical (unpaired) electrons. The van der Waals surface area contributed by atoms with E-state index in [1.165, 1.54) is 34.0 Å². The summed E-state index contributed by atoms with van der Waals surface area (Å²) in [5, 5.41) is 3.69. The van der Waals surface area contributed by atoms with Crippen LogP contribution in [0.5, 0.6) is 0 Å². The van der Waals surface area contributed by atoms with Crippen LogP contribution in [0.1, 0.15) is 16.8 Å². The minimum absolute atomic E-state index is 0.0182. The average molecular weight is 317 g/mol. The van der Waals surface area contributed by atoms with Gasteiger partial charge in [-0.25, -0.2) is 0 Å². The molecule has 112 valence electrons. The summed E-state index contributed by atoms with van der Waals surface area (Å²) in [5.41, 5.74) is 0.680. The fraction of sp³-hybridized carbons (Fsp3) is 0.583. The van der Waals surface area contributed by atoms with Crippen molar-refractivity contribution < 1.29 is 13.2 Å². The average Bonchev–Trinajstić information content (AvgIpc) is 2.81. The zero-order valence-corrected chi connectivity index (χ0v) is 13.3. The Hall–Kier alpha value is -0.960. The molecule has 0 N–H and O–H groups in total. The van der Waals surface area contributed by atoms with Gasteiger partial charge in [0.15, 0.2) is 0 Å². The maximum atomic E-state index is 12.3. The second-order valence-electron chi connectivity index (χ2n) is 4.85. The summed E-state index contributed by atoms with van der Waals surface area (Å²) in [4.78, 5) is 14.0. The van der Waals surface area contributed by atoms with Gasteiger partial charge in [0.05, 0.1) is 5.56 Å². The number of amides is 1. The summed E-state index contributed by atoms with van der Waals surface area (Å²) in [6.07, 6.45) is 0.656. The molecule has 0 bridgehead atoms. The van der Waals surface area contributed by atoms with Gasteiger partial charge in [0.25, 0.3) is 16.1 Å². The van der Waals surface area contributed by atoms with Gasteiger partial charge < -0.3 is 4.90 Å². The Kier molecular flexibility index (Phi) is 4.79. The van der Waals surface area contributed by atoms with Gasteiger partial charge in [0.1, 0.15) is 0 Å². The molecular weight excluding hydrogens is 298 g/mol. The summed E-state index contributed by atoms with van der Waals surface area (Å²) in [6.45, 7) is 1.82. The van der Waals surface area contributed by atoms with Gasteiger partial charge in [-0.3, -0.25) is 4.79 Å². The van der Waals surface area contributed by atoms with Crippen molar-refractivity contribution in [3.05, 3.63) is 22.4 Å². The Morgan fingerprint density at radius 3 is 2.60 bits per heavy atom. The smallest absolute Gasteiger partial charge is 0.281 e. The van der Waals surface area contributed by atoms with Crippen LogP contribution in [-0.2, 0) is 10.2 Å². The molecule has 20 heavy (non-hydrogen) atoms. The number of carbonyl (C=O) groups excluding carboxylic acids is 1. The molecule has 1 fully saturated rings. The first-order chi connectivity index (χ1) is 9.43. The van der Waals surface area contributed by atoms with Crippen LogP contribution in [0.25, 0.3) is 0 Å². The molecule has 8 heteroatoms. The van der Waals surface area contributed by atoms with Crippen molar-refractivity contribution in [2.75, 3.05) is 40.3 Å². The number of thiophene rings is 1. The van der Waals surface area contributed by atoms with Crippen LogP contribution in [-0.4, -0.2) is 68.1 Å². The van der Waals surface area contributed by atoms with E-state index in [1.807, 2.05) is 10.8 Å². The highest BCUT2D eigenvalue weighted by molar-refractivity contribution is 7.86. The van der Waals surface area contributed by atoms with Crippen molar-refractivity contribution in [1.29, 1.82) is 0 Å². The molecule has 1 saturated heterocycles. The quantitative estimate of drug-likeness (QED) is 0.824. The molecule has 0 saturated carbocycles. The topological polar surface area (TPSA) is 60.9 Å². The minimum atomic E-state index is -3.40. The minimum Gasteiger partial charge on any atom is -0.337 e. The Labute approximate surface area is 123 Å². The highest BCUT2D eigenvalue weighted by Gasteiger charge is 2.28. The van der Waals surface area contributed by atoms with E-state index in [1.54, 1.807) is 11.0 Å². The first kappa shape index (κ1) is 15.4. The number of rotatable bonds is 3. The normalized spacial score (nSPS) is 18.2. The highest BCUT2D eigenvalue weighted by atomic mass is 32.2. The van der Waals surface area contributed by atoms with Crippen LogP contribution in [0.3, 0.4) is 0 Å². The van der Waals surface area contributed by atoms with Crippen molar-refractivity contribution in [1.82, 2.24) is 13.5 Å². The zero-order chi connectivity index (χ0) is 14.8. The number of nitrogens with zero attached hydrogens (tertiary/aromatic N) is 3. The number of carbonyl (C=O) groups is 1. The summed E-state index contributed by atoms with van der Waals surface area (Å²) < 4.78 is 26.8. The van der Waals surface area contributed by atoms with E-state index < -0.39 is 10.2 Å². The lowest BCUT2D eigenvalue weighted by Crippen LogP contribution is -2.42. The Morgan fingerprint density at radius 1 is 1.25 bits per heavy atom. The van der Waals surface area contributed by atoms with Gasteiger partial charge in [-0.2, -0.15) is 28.4 Å².